The molecule has 4 atom stereocenters. The number of hydrogen-bond donors (Lipinski definition) is 4. The molecule has 0 aromatic heterocycles. The van der Waals surface area contributed by atoms with Gasteiger partial charge in [0.15, 0.2) is 0 Å². The molecule has 4 N–H and O–H groups in total. The summed E-state index contributed by atoms with van der Waals surface area (Å²) in [5.41, 5.74) is 0. The van der Waals surface area contributed by atoms with Crippen LogP contribution in [0.25, 0.3) is 0 Å². The molecule has 0 amide bonds. The summed E-state index contributed by atoms with van der Waals surface area (Å²) in [5.74, 6) is -4.73. The van der Waals surface area contributed by atoms with Gasteiger partial charge in [-0.1, -0.05) is 0 Å². The molecule has 0 aliphatic heterocycles. The van der Waals surface area contributed by atoms with Crippen molar-refractivity contribution in [3.05, 3.63) is 0 Å². The molecule has 1 saturated carbocycles. The van der Waals surface area contributed by atoms with Crippen molar-refractivity contribution in [2.45, 2.75) is 25.0 Å². The lowest BCUT2D eigenvalue weighted by molar-refractivity contribution is -0.162. The van der Waals surface area contributed by atoms with Crippen molar-refractivity contribution < 1.29 is 30.0 Å². The fourth-order valence-electron chi connectivity index (χ4n) is 1.71. The summed E-state index contributed by atoms with van der Waals surface area (Å²) in [5, 5.41) is 35.8. The second-order valence-electron chi connectivity index (χ2n) is 3.50. The van der Waals surface area contributed by atoms with Crippen LogP contribution >= 0.6 is 0 Å². The van der Waals surface area contributed by atoms with Crippen LogP contribution in [-0.2, 0) is 9.59 Å². The Morgan fingerprint density at radius 2 is 1.14 bits per heavy atom. The summed E-state index contributed by atoms with van der Waals surface area (Å²) in [4.78, 5) is 21.3. The third kappa shape index (κ3) is 2.02. The highest BCUT2D eigenvalue weighted by atomic mass is 16.4. The zero-order chi connectivity index (χ0) is 10.9. The standard InChI is InChI=1S/C8H12O6/c9-5-1-3(7(11)12)4(8(13)14)2-6(5)10/h3-6,9-10H,1-2H2,(H,11,12)(H,13,14). The second kappa shape index (κ2) is 3.93. The van der Waals surface area contributed by atoms with E-state index in [2.05, 4.69) is 0 Å². The predicted octanol–water partition coefficient (Wildman–Crippen LogP) is -1.10. The van der Waals surface area contributed by atoms with Gasteiger partial charge in [-0.25, -0.2) is 0 Å². The Balaban J connectivity index is 2.80. The molecule has 4 unspecified atom stereocenters. The van der Waals surface area contributed by atoms with Crippen molar-refractivity contribution in [3.63, 3.8) is 0 Å². The molecule has 0 saturated heterocycles. The molecule has 14 heavy (non-hydrogen) atoms. The third-order valence-corrected chi connectivity index (χ3v) is 2.56. The zero-order valence-electron chi connectivity index (χ0n) is 7.33. The molecule has 6 nitrogen and oxygen atoms in total. The largest absolute Gasteiger partial charge is 0.481 e. The Morgan fingerprint density at radius 1 is 0.857 bits per heavy atom. The first-order chi connectivity index (χ1) is 6.43. The molecule has 0 spiro atoms. The number of carboxylic acids is 2. The highest BCUT2D eigenvalue weighted by Crippen LogP contribution is 2.31. The lowest BCUT2D eigenvalue weighted by Gasteiger charge is -2.32. The molecule has 0 radical (unpaired) electrons. The average molecular weight is 204 g/mol. The molecule has 6 heteroatoms. The Morgan fingerprint density at radius 3 is 1.36 bits per heavy atom. The van der Waals surface area contributed by atoms with Crippen LogP contribution in [0.3, 0.4) is 0 Å². The van der Waals surface area contributed by atoms with Crippen LogP contribution in [0, 0.1) is 11.8 Å². The van der Waals surface area contributed by atoms with Crippen LogP contribution in [0.4, 0.5) is 0 Å². The normalized spacial score (nSPS) is 37.9. The Hall–Kier alpha value is -1.14. The number of aliphatic hydroxyl groups excluding tert-OH is 2. The molecule has 80 valence electrons. The highest BCUT2D eigenvalue weighted by Gasteiger charge is 2.42. The van der Waals surface area contributed by atoms with Crippen LogP contribution in [0.1, 0.15) is 12.8 Å². The van der Waals surface area contributed by atoms with E-state index >= 15 is 0 Å². The third-order valence-electron chi connectivity index (χ3n) is 2.56. The molecule has 0 aromatic rings. The maximum Gasteiger partial charge on any atom is 0.307 e. The molecular formula is C8H12O6. The van der Waals surface area contributed by atoms with Crippen LogP contribution in [0.15, 0.2) is 0 Å². The first kappa shape index (κ1) is 10.9. The lowest BCUT2D eigenvalue weighted by Crippen LogP contribution is -2.44. The van der Waals surface area contributed by atoms with Crippen molar-refractivity contribution in [1.29, 1.82) is 0 Å². The van der Waals surface area contributed by atoms with Gasteiger partial charge in [0.25, 0.3) is 0 Å². The zero-order valence-corrected chi connectivity index (χ0v) is 7.33. The Labute approximate surface area is 79.8 Å². The number of aliphatic hydroxyl groups is 2. The molecular weight excluding hydrogens is 192 g/mol. The molecule has 1 fully saturated rings. The predicted molar refractivity (Wildman–Crippen MR) is 43.5 cm³/mol. The quantitative estimate of drug-likeness (QED) is 0.454. The van der Waals surface area contributed by atoms with E-state index < -0.39 is 36.0 Å². The van der Waals surface area contributed by atoms with Gasteiger partial charge in [-0.05, 0) is 12.8 Å². The van der Waals surface area contributed by atoms with Gasteiger partial charge in [-0.15, -0.1) is 0 Å². The summed E-state index contributed by atoms with van der Waals surface area (Å²) in [6.45, 7) is 0. The summed E-state index contributed by atoms with van der Waals surface area (Å²) in [6.07, 6.45) is -2.72. The first-order valence-electron chi connectivity index (χ1n) is 4.25. The maximum absolute atomic E-state index is 10.7. The second-order valence-corrected chi connectivity index (χ2v) is 3.50. The minimum Gasteiger partial charge on any atom is -0.481 e. The minimum absolute atomic E-state index is 0.215. The number of rotatable bonds is 2. The van der Waals surface area contributed by atoms with Crippen LogP contribution in [-0.4, -0.2) is 44.6 Å². The van der Waals surface area contributed by atoms with Gasteiger partial charge >= 0.3 is 11.9 Å². The maximum atomic E-state index is 10.7. The van der Waals surface area contributed by atoms with Crippen molar-refractivity contribution in [1.82, 2.24) is 0 Å². The summed E-state index contributed by atoms with van der Waals surface area (Å²) < 4.78 is 0. The number of hydrogen-bond acceptors (Lipinski definition) is 4. The minimum atomic E-state index is -1.25. The number of carboxylic acid groups (broad SMARTS) is 2. The van der Waals surface area contributed by atoms with E-state index in [1.807, 2.05) is 0 Å². The van der Waals surface area contributed by atoms with Gasteiger partial charge in [0.1, 0.15) is 0 Å². The summed E-state index contributed by atoms with van der Waals surface area (Å²) in [6, 6.07) is 0. The topological polar surface area (TPSA) is 115 Å². The van der Waals surface area contributed by atoms with Gasteiger partial charge in [0.2, 0.25) is 0 Å². The van der Waals surface area contributed by atoms with E-state index in [4.69, 9.17) is 10.2 Å². The van der Waals surface area contributed by atoms with Crippen molar-refractivity contribution >= 4 is 11.9 Å². The van der Waals surface area contributed by atoms with Crippen molar-refractivity contribution in [2.75, 3.05) is 0 Å². The van der Waals surface area contributed by atoms with Crippen molar-refractivity contribution in [2.24, 2.45) is 11.8 Å². The molecule has 1 aliphatic carbocycles. The first-order valence-corrected chi connectivity index (χ1v) is 4.25. The summed E-state index contributed by atoms with van der Waals surface area (Å²) >= 11 is 0. The number of aliphatic carboxylic acids is 2. The fourth-order valence-corrected chi connectivity index (χ4v) is 1.71. The summed E-state index contributed by atoms with van der Waals surface area (Å²) in [7, 11) is 0. The van der Waals surface area contributed by atoms with Crippen molar-refractivity contribution in [3.8, 4) is 0 Å². The van der Waals surface area contributed by atoms with E-state index in [9.17, 15) is 19.8 Å². The van der Waals surface area contributed by atoms with E-state index in [0.717, 1.165) is 0 Å². The van der Waals surface area contributed by atoms with Gasteiger partial charge in [-0.3, -0.25) is 9.59 Å². The molecule has 1 rings (SSSR count). The average Bonchev–Trinajstić information content (AvgIpc) is 2.08. The SMILES string of the molecule is O=C(O)C1CC(O)C(O)CC1C(=O)O. The highest BCUT2D eigenvalue weighted by molar-refractivity contribution is 5.80. The van der Waals surface area contributed by atoms with Gasteiger partial charge < -0.3 is 20.4 Å². The van der Waals surface area contributed by atoms with Gasteiger partial charge in [-0.2, -0.15) is 0 Å². The van der Waals surface area contributed by atoms with Crippen LogP contribution < -0.4 is 0 Å². The lowest BCUT2D eigenvalue weighted by atomic mass is 9.76. The molecule has 0 heterocycles. The Bertz CT molecular complexity index is 224. The van der Waals surface area contributed by atoms with Crippen LogP contribution in [0.5, 0.6) is 0 Å². The Kier molecular flexibility index (Phi) is 3.07. The molecule has 0 bridgehead atoms. The number of carbonyl (C=O) groups is 2. The molecule has 0 aromatic carbocycles. The monoisotopic (exact) mass is 204 g/mol. The smallest absolute Gasteiger partial charge is 0.307 e. The van der Waals surface area contributed by atoms with Gasteiger partial charge in [0.05, 0.1) is 24.0 Å². The van der Waals surface area contributed by atoms with Crippen LogP contribution in [0.2, 0.25) is 0 Å². The van der Waals surface area contributed by atoms with E-state index in [0.29, 0.717) is 0 Å². The van der Waals surface area contributed by atoms with E-state index in [1.165, 1.54) is 0 Å². The van der Waals surface area contributed by atoms with E-state index in [1.54, 1.807) is 0 Å². The molecule has 1 aliphatic rings. The fraction of sp³-hybridized carbons (Fsp3) is 0.750. The van der Waals surface area contributed by atoms with Gasteiger partial charge in [0, 0.05) is 0 Å². The van der Waals surface area contributed by atoms with E-state index in [-0.39, 0.29) is 12.8 Å².